The molecule has 2 aliphatic carbocycles. The zero-order valence-corrected chi connectivity index (χ0v) is 15.9. The van der Waals surface area contributed by atoms with Crippen LogP contribution >= 0.6 is 0 Å². The zero-order valence-electron chi connectivity index (χ0n) is 15.9. The molecule has 2 atom stereocenters. The quantitative estimate of drug-likeness (QED) is 0.666. The Morgan fingerprint density at radius 2 is 1.82 bits per heavy atom. The van der Waals surface area contributed by atoms with Gasteiger partial charge >= 0.3 is 5.63 Å². The minimum atomic E-state index is -0.150. The Hall–Kier alpha value is -2.59. The van der Waals surface area contributed by atoms with Gasteiger partial charge in [-0.15, -0.1) is 0 Å². The topological polar surface area (TPSA) is 43.9 Å². The second kappa shape index (κ2) is 6.21. The summed E-state index contributed by atoms with van der Waals surface area (Å²) in [6.07, 6.45) is 6.43. The van der Waals surface area contributed by atoms with E-state index in [2.05, 4.69) is 36.4 Å². The first-order valence-corrected chi connectivity index (χ1v) is 10.5. The van der Waals surface area contributed by atoms with Crippen molar-refractivity contribution in [3.63, 3.8) is 0 Å². The summed E-state index contributed by atoms with van der Waals surface area (Å²) in [5.74, 6) is 0.876. The number of fused-ring (bicyclic) bond motifs is 6. The number of nitrogens with one attached hydrogen (secondary N) is 1. The number of quaternary nitrogens is 1. The van der Waals surface area contributed by atoms with Gasteiger partial charge in [0.15, 0.2) is 5.58 Å². The van der Waals surface area contributed by atoms with Crippen LogP contribution in [0, 0.1) is 0 Å². The number of rotatable bonds is 1. The molecule has 4 heteroatoms. The smallest absolute Gasteiger partial charge is 0.339 e. The van der Waals surface area contributed by atoms with E-state index in [0.29, 0.717) is 12.8 Å². The van der Waals surface area contributed by atoms with Gasteiger partial charge < -0.3 is 9.15 Å². The van der Waals surface area contributed by atoms with Gasteiger partial charge in [-0.05, 0) is 55.4 Å². The minimum absolute atomic E-state index is 0.150. The molecule has 0 bridgehead atoms. The summed E-state index contributed by atoms with van der Waals surface area (Å²) in [5, 5.41) is 1.11. The number of benzene rings is 2. The van der Waals surface area contributed by atoms with E-state index in [0.717, 1.165) is 53.7 Å². The highest BCUT2D eigenvalue weighted by atomic mass is 16.5. The van der Waals surface area contributed by atoms with Crippen LogP contribution < -0.4 is 15.3 Å². The molecule has 0 amide bonds. The van der Waals surface area contributed by atoms with E-state index in [1.807, 2.05) is 0 Å². The lowest BCUT2D eigenvalue weighted by Crippen LogP contribution is -3.12. The Morgan fingerprint density at radius 3 is 2.79 bits per heavy atom. The van der Waals surface area contributed by atoms with Gasteiger partial charge in [0.2, 0.25) is 6.73 Å². The van der Waals surface area contributed by atoms with Crippen LogP contribution in [0.4, 0.5) is 0 Å². The van der Waals surface area contributed by atoms with E-state index in [-0.39, 0.29) is 5.63 Å². The second-order valence-electron chi connectivity index (χ2n) is 8.39. The Kier molecular flexibility index (Phi) is 3.63. The van der Waals surface area contributed by atoms with Crippen LogP contribution in [0.5, 0.6) is 5.75 Å². The van der Waals surface area contributed by atoms with Crippen LogP contribution in [0.15, 0.2) is 45.6 Å². The maximum absolute atomic E-state index is 12.5. The first-order valence-electron chi connectivity index (χ1n) is 10.5. The van der Waals surface area contributed by atoms with Crippen molar-refractivity contribution in [2.75, 3.05) is 6.73 Å². The predicted molar refractivity (Wildman–Crippen MR) is 107 cm³/mol. The highest BCUT2D eigenvalue weighted by Gasteiger charge is 2.34. The number of ether oxygens (including phenoxy) is 1. The van der Waals surface area contributed by atoms with E-state index in [1.165, 1.54) is 40.9 Å². The van der Waals surface area contributed by atoms with Crippen LogP contribution in [0.2, 0.25) is 0 Å². The highest BCUT2D eigenvalue weighted by molar-refractivity contribution is 5.86. The lowest BCUT2D eigenvalue weighted by molar-refractivity contribution is -0.963. The fourth-order valence-corrected chi connectivity index (χ4v) is 5.54. The Bertz CT molecular complexity index is 1150. The highest BCUT2D eigenvalue weighted by Crippen LogP contribution is 2.35. The van der Waals surface area contributed by atoms with E-state index >= 15 is 0 Å². The Labute approximate surface area is 163 Å². The Morgan fingerprint density at radius 1 is 0.929 bits per heavy atom. The lowest BCUT2D eigenvalue weighted by Gasteiger charge is -2.35. The molecule has 0 fully saturated rings. The van der Waals surface area contributed by atoms with Crippen LogP contribution in [-0.2, 0) is 25.8 Å². The molecule has 1 N–H and O–H groups in total. The van der Waals surface area contributed by atoms with Crippen LogP contribution in [0.1, 0.15) is 53.1 Å². The molecule has 2 heterocycles. The van der Waals surface area contributed by atoms with Gasteiger partial charge in [0.1, 0.15) is 18.3 Å². The van der Waals surface area contributed by atoms with Gasteiger partial charge in [-0.3, -0.25) is 4.90 Å². The molecule has 3 aromatic rings. The van der Waals surface area contributed by atoms with Gasteiger partial charge in [-0.25, -0.2) is 4.79 Å². The van der Waals surface area contributed by atoms with E-state index < -0.39 is 0 Å². The van der Waals surface area contributed by atoms with Crippen LogP contribution in [-0.4, -0.2) is 6.73 Å². The molecule has 0 spiro atoms. The monoisotopic (exact) mass is 374 g/mol. The third-order valence-corrected chi connectivity index (χ3v) is 6.88. The van der Waals surface area contributed by atoms with Gasteiger partial charge in [0.05, 0.1) is 5.56 Å². The van der Waals surface area contributed by atoms with Crippen molar-refractivity contribution >= 4 is 11.0 Å². The fourth-order valence-electron chi connectivity index (χ4n) is 5.54. The predicted octanol–water partition coefficient (Wildman–Crippen LogP) is 3.09. The average Bonchev–Trinajstić information content (AvgIpc) is 3.24. The lowest BCUT2D eigenvalue weighted by atomic mass is 9.86. The van der Waals surface area contributed by atoms with Crippen LogP contribution in [0.25, 0.3) is 11.0 Å². The van der Waals surface area contributed by atoms with Gasteiger partial charge in [-0.1, -0.05) is 24.3 Å². The van der Waals surface area contributed by atoms with Crippen molar-refractivity contribution in [3.05, 3.63) is 74.6 Å². The second-order valence-corrected chi connectivity index (χ2v) is 8.39. The summed E-state index contributed by atoms with van der Waals surface area (Å²) in [6.45, 7) is 1.50. The summed E-state index contributed by atoms with van der Waals surface area (Å²) in [6, 6.07) is 13.4. The average molecular weight is 374 g/mol. The van der Waals surface area contributed by atoms with Gasteiger partial charge in [0.25, 0.3) is 0 Å². The third-order valence-electron chi connectivity index (χ3n) is 6.88. The molecule has 1 aromatic heterocycles. The third kappa shape index (κ3) is 2.37. The van der Waals surface area contributed by atoms with Crippen molar-refractivity contribution < 1.29 is 14.1 Å². The van der Waals surface area contributed by atoms with E-state index in [4.69, 9.17) is 9.15 Å². The van der Waals surface area contributed by atoms with E-state index in [1.54, 1.807) is 0 Å². The largest absolute Gasteiger partial charge is 0.445 e. The van der Waals surface area contributed by atoms with Crippen LogP contribution in [0.3, 0.4) is 0 Å². The zero-order chi connectivity index (χ0) is 18.7. The molecule has 0 radical (unpaired) electrons. The molecule has 142 valence electrons. The molecule has 6 rings (SSSR count). The molecular formula is C24H24NO3+. The van der Waals surface area contributed by atoms with Crippen molar-refractivity contribution in [1.82, 2.24) is 0 Å². The summed E-state index contributed by atoms with van der Waals surface area (Å²) in [5.41, 5.74) is 6.68. The van der Waals surface area contributed by atoms with E-state index in [9.17, 15) is 4.79 Å². The summed E-state index contributed by atoms with van der Waals surface area (Å²) >= 11 is 0. The number of aryl methyl sites for hydroxylation is 2. The normalized spacial score (nSPS) is 23.0. The molecule has 1 unspecified atom stereocenters. The molecule has 28 heavy (non-hydrogen) atoms. The standard InChI is InChI=1S/C24H23NO3/c26-24-19-9-4-8-17(19)18-11-12-22-20(23(18)28-24)13-25(14-27-22)21-10-3-6-15-5-1-2-7-16(15)21/h1-2,5,7,11-12,21H,3-4,6,8-10,13-14H2/p+1/t21-/m0/s1. The summed E-state index contributed by atoms with van der Waals surface area (Å²) in [7, 11) is 0. The van der Waals surface area contributed by atoms with Gasteiger partial charge in [-0.2, -0.15) is 0 Å². The molecule has 0 saturated heterocycles. The summed E-state index contributed by atoms with van der Waals surface area (Å²) in [4.78, 5) is 14.0. The Balaban J connectivity index is 1.45. The number of hydrogen-bond acceptors (Lipinski definition) is 3. The molecule has 0 saturated carbocycles. The first kappa shape index (κ1) is 16.4. The molecule has 4 nitrogen and oxygen atoms in total. The molecule has 3 aliphatic rings. The van der Waals surface area contributed by atoms with Crippen molar-refractivity contribution in [1.29, 1.82) is 0 Å². The molecule has 2 aromatic carbocycles. The number of hydrogen-bond donors (Lipinski definition) is 1. The first-order chi connectivity index (χ1) is 13.8. The van der Waals surface area contributed by atoms with Crippen molar-refractivity contribution in [3.8, 4) is 5.75 Å². The maximum Gasteiger partial charge on any atom is 0.339 e. The molecular weight excluding hydrogens is 350 g/mol. The van der Waals surface area contributed by atoms with Crippen molar-refractivity contribution in [2.24, 2.45) is 0 Å². The van der Waals surface area contributed by atoms with Gasteiger partial charge in [0, 0.05) is 22.9 Å². The SMILES string of the molecule is O=c1oc2c3c(ccc2c2c1CCC2)OC[NH+]([C@H]1CCCc2ccccc21)C3. The summed E-state index contributed by atoms with van der Waals surface area (Å²) < 4.78 is 12.0. The fraction of sp³-hybridized carbons (Fsp3) is 0.375. The maximum atomic E-state index is 12.5. The minimum Gasteiger partial charge on any atom is -0.445 e. The molecule has 1 aliphatic heterocycles. The van der Waals surface area contributed by atoms with Crippen molar-refractivity contribution in [2.45, 2.75) is 51.1 Å².